The Balaban J connectivity index is 1.56. The maximum absolute atomic E-state index is 5.90. The molecule has 2 aromatic rings. The first kappa shape index (κ1) is 15.3. The van der Waals surface area contributed by atoms with Crippen LogP contribution >= 0.6 is 0 Å². The molecule has 0 unspecified atom stereocenters. The molecule has 0 amide bonds. The van der Waals surface area contributed by atoms with Crippen LogP contribution in [0.2, 0.25) is 0 Å². The van der Waals surface area contributed by atoms with Crippen molar-refractivity contribution in [2.24, 2.45) is 4.99 Å². The molecule has 4 rings (SSSR count). The van der Waals surface area contributed by atoms with Gasteiger partial charge in [-0.1, -0.05) is 48.6 Å². The van der Waals surface area contributed by atoms with Gasteiger partial charge in [0.2, 0.25) is 5.90 Å². The standard InChI is InChI=1S/C20H17N3O2/c1-3-7-15(8-4-1)17-11-19(22-14-21-17)23-20-13-24-12-18(25-20)16-9-5-2-6-10-16/h1-5,7-9,11-12,14H,6,10,13H2. The van der Waals surface area contributed by atoms with Crippen molar-refractivity contribution in [2.45, 2.75) is 12.8 Å². The summed E-state index contributed by atoms with van der Waals surface area (Å²) in [4.78, 5) is 13.0. The molecule has 0 saturated heterocycles. The van der Waals surface area contributed by atoms with Crippen LogP contribution in [-0.4, -0.2) is 22.5 Å². The second-order valence-corrected chi connectivity index (χ2v) is 5.69. The summed E-state index contributed by atoms with van der Waals surface area (Å²) in [5, 5.41) is 0. The van der Waals surface area contributed by atoms with Crippen LogP contribution in [0, 0.1) is 0 Å². The maximum atomic E-state index is 5.90. The van der Waals surface area contributed by atoms with Gasteiger partial charge < -0.3 is 9.47 Å². The molecule has 1 aliphatic carbocycles. The predicted molar refractivity (Wildman–Crippen MR) is 96.1 cm³/mol. The molecule has 124 valence electrons. The number of hydrogen-bond donors (Lipinski definition) is 0. The number of nitrogens with zero attached hydrogens (tertiary/aromatic N) is 3. The zero-order valence-corrected chi connectivity index (χ0v) is 13.6. The monoisotopic (exact) mass is 331 g/mol. The molecule has 2 aliphatic rings. The Bertz CT molecular complexity index is 883. The largest absolute Gasteiger partial charge is 0.488 e. The second-order valence-electron chi connectivity index (χ2n) is 5.69. The van der Waals surface area contributed by atoms with Gasteiger partial charge in [-0.15, -0.1) is 0 Å². The second kappa shape index (κ2) is 7.13. The van der Waals surface area contributed by atoms with Crippen LogP contribution in [0.4, 0.5) is 5.82 Å². The van der Waals surface area contributed by atoms with Crippen LogP contribution in [-0.2, 0) is 9.47 Å². The van der Waals surface area contributed by atoms with Gasteiger partial charge in [-0.25, -0.2) is 9.97 Å². The number of hydrogen-bond acceptors (Lipinski definition) is 5. The first-order valence-electron chi connectivity index (χ1n) is 8.19. The third-order valence-corrected chi connectivity index (χ3v) is 3.92. The molecule has 5 nitrogen and oxygen atoms in total. The topological polar surface area (TPSA) is 56.6 Å². The van der Waals surface area contributed by atoms with E-state index in [1.807, 2.05) is 48.6 Å². The van der Waals surface area contributed by atoms with Gasteiger partial charge in [0.05, 0.1) is 5.69 Å². The van der Waals surface area contributed by atoms with E-state index in [9.17, 15) is 0 Å². The Hall–Kier alpha value is -3.21. The van der Waals surface area contributed by atoms with Crippen molar-refractivity contribution in [3.05, 3.63) is 78.5 Å². The van der Waals surface area contributed by atoms with Gasteiger partial charge in [0.1, 0.15) is 12.6 Å². The smallest absolute Gasteiger partial charge is 0.234 e. The average Bonchev–Trinajstić information content (AvgIpc) is 2.70. The molecule has 1 aromatic heterocycles. The van der Waals surface area contributed by atoms with Crippen molar-refractivity contribution >= 4 is 11.7 Å². The molecule has 0 radical (unpaired) electrons. The van der Waals surface area contributed by atoms with E-state index >= 15 is 0 Å². The van der Waals surface area contributed by atoms with Crippen LogP contribution in [0.5, 0.6) is 0 Å². The molecule has 0 atom stereocenters. The third-order valence-electron chi connectivity index (χ3n) is 3.92. The zero-order valence-electron chi connectivity index (χ0n) is 13.6. The minimum Gasteiger partial charge on any atom is -0.488 e. The van der Waals surface area contributed by atoms with E-state index in [1.165, 1.54) is 6.33 Å². The summed E-state index contributed by atoms with van der Waals surface area (Å²) in [6, 6.07) is 11.8. The SMILES string of the molecule is C1=CCCC(C2=COCC(=Nc3cc(-c4ccccc4)ncn3)O2)=C1. The molecule has 0 bridgehead atoms. The summed E-state index contributed by atoms with van der Waals surface area (Å²) in [6.45, 7) is 0.289. The molecule has 0 fully saturated rings. The normalized spacial score (nSPS) is 18.2. The molecular formula is C20H17N3O2. The van der Waals surface area contributed by atoms with Crippen molar-refractivity contribution in [1.82, 2.24) is 9.97 Å². The Kier molecular flexibility index (Phi) is 4.37. The van der Waals surface area contributed by atoms with E-state index in [1.54, 1.807) is 6.26 Å². The van der Waals surface area contributed by atoms with Gasteiger partial charge in [0.25, 0.3) is 0 Å². The minimum absolute atomic E-state index is 0.289. The summed E-state index contributed by atoms with van der Waals surface area (Å²) in [5.74, 6) is 1.75. The molecule has 0 saturated carbocycles. The van der Waals surface area contributed by atoms with E-state index in [-0.39, 0.29) is 6.61 Å². The number of aromatic nitrogens is 2. The van der Waals surface area contributed by atoms with Crippen LogP contribution in [0.3, 0.4) is 0 Å². The van der Waals surface area contributed by atoms with Crippen molar-refractivity contribution in [2.75, 3.05) is 6.61 Å². The molecule has 25 heavy (non-hydrogen) atoms. The van der Waals surface area contributed by atoms with Gasteiger partial charge in [-0.3, -0.25) is 0 Å². The van der Waals surface area contributed by atoms with Crippen LogP contribution in [0.15, 0.2) is 83.5 Å². The lowest BCUT2D eigenvalue weighted by molar-refractivity contribution is 0.218. The summed E-state index contributed by atoms with van der Waals surface area (Å²) >= 11 is 0. The highest BCUT2D eigenvalue weighted by Crippen LogP contribution is 2.25. The lowest BCUT2D eigenvalue weighted by atomic mass is 10.0. The molecule has 0 spiro atoms. The Morgan fingerprint density at radius 2 is 2.00 bits per heavy atom. The van der Waals surface area contributed by atoms with Crippen molar-refractivity contribution in [3.63, 3.8) is 0 Å². The van der Waals surface area contributed by atoms with E-state index in [0.29, 0.717) is 17.5 Å². The van der Waals surface area contributed by atoms with E-state index in [2.05, 4.69) is 21.0 Å². The number of aliphatic imine (C=N–C) groups is 1. The first-order valence-corrected chi connectivity index (χ1v) is 8.19. The highest BCUT2D eigenvalue weighted by atomic mass is 16.6. The molecule has 0 N–H and O–H groups in total. The third kappa shape index (κ3) is 3.66. The number of rotatable bonds is 3. The Morgan fingerprint density at radius 1 is 1.08 bits per heavy atom. The van der Waals surface area contributed by atoms with E-state index in [0.717, 1.165) is 29.7 Å². The van der Waals surface area contributed by atoms with Crippen LogP contribution < -0.4 is 0 Å². The molecule has 1 aromatic carbocycles. The van der Waals surface area contributed by atoms with Crippen molar-refractivity contribution < 1.29 is 9.47 Å². The molecule has 1 aliphatic heterocycles. The van der Waals surface area contributed by atoms with Crippen molar-refractivity contribution in [1.29, 1.82) is 0 Å². The minimum atomic E-state index is 0.289. The Labute approximate surface area is 146 Å². The van der Waals surface area contributed by atoms with Gasteiger partial charge in [0, 0.05) is 11.6 Å². The van der Waals surface area contributed by atoms with Gasteiger partial charge in [-0.05, 0) is 18.4 Å². The van der Waals surface area contributed by atoms with Gasteiger partial charge >= 0.3 is 0 Å². The summed E-state index contributed by atoms with van der Waals surface area (Å²) in [6.07, 6.45) is 11.3. The van der Waals surface area contributed by atoms with Gasteiger partial charge in [-0.2, -0.15) is 4.99 Å². The predicted octanol–water partition coefficient (Wildman–Crippen LogP) is 4.34. The summed E-state index contributed by atoms with van der Waals surface area (Å²) in [7, 11) is 0. The van der Waals surface area contributed by atoms with E-state index in [4.69, 9.17) is 9.47 Å². The van der Waals surface area contributed by atoms with E-state index < -0.39 is 0 Å². The lowest BCUT2D eigenvalue weighted by Gasteiger charge is -2.19. The fraction of sp³-hybridized carbons (Fsp3) is 0.150. The Morgan fingerprint density at radius 3 is 2.84 bits per heavy atom. The lowest BCUT2D eigenvalue weighted by Crippen LogP contribution is -2.17. The quantitative estimate of drug-likeness (QED) is 0.839. The number of benzene rings is 1. The number of allylic oxidation sites excluding steroid dienone is 4. The highest BCUT2D eigenvalue weighted by molar-refractivity contribution is 5.82. The van der Waals surface area contributed by atoms with Crippen LogP contribution in [0.1, 0.15) is 12.8 Å². The molecule has 5 heteroatoms. The van der Waals surface area contributed by atoms with Crippen molar-refractivity contribution in [3.8, 4) is 11.3 Å². The highest BCUT2D eigenvalue weighted by Gasteiger charge is 2.17. The summed E-state index contributed by atoms with van der Waals surface area (Å²) < 4.78 is 11.4. The molecular weight excluding hydrogens is 314 g/mol. The fourth-order valence-corrected chi connectivity index (χ4v) is 2.68. The van der Waals surface area contributed by atoms with Gasteiger partial charge in [0.15, 0.2) is 18.2 Å². The zero-order chi connectivity index (χ0) is 16.9. The fourth-order valence-electron chi connectivity index (χ4n) is 2.68. The number of ether oxygens (including phenoxy) is 2. The molecule has 2 heterocycles. The summed E-state index contributed by atoms with van der Waals surface area (Å²) in [5.41, 5.74) is 2.96. The maximum Gasteiger partial charge on any atom is 0.234 e. The first-order chi connectivity index (χ1) is 12.4. The average molecular weight is 331 g/mol. The van der Waals surface area contributed by atoms with Crippen LogP contribution in [0.25, 0.3) is 11.3 Å².